The first-order valence-electron chi connectivity index (χ1n) is 4.56. The van der Waals surface area contributed by atoms with E-state index in [0.29, 0.717) is 6.54 Å². The molecular formula is C10H13NO2S. The van der Waals surface area contributed by atoms with Crippen LogP contribution in [0.5, 0.6) is 0 Å². The lowest BCUT2D eigenvalue weighted by Gasteiger charge is -2.16. The summed E-state index contributed by atoms with van der Waals surface area (Å²) < 4.78 is 24.3. The molecule has 4 heteroatoms. The average molecular weight is 211 g/mol. The van der Waals surface area contributed by atoms with Crippen LogP contribution in [0.1, 0.15) is 11.1 Å². The van der Waals surface area contributed by atoms with Crippen molar-refractivity contribution in [2.24, 2.45) is 0 Å². The molecule has 0 atom stereocenters. The molecule has 2 rings (SSSR count). The fourth-order valence-corrected chi connectivity index (χ4v) is 2.75. The van der Waals surface area contributed by atoms with Gasteiger partial charge in [0.25, 0.3) is 0 Å². The van der Waals surface area contributed by atoms with Gasteiger partial charge in [-0.05, 0) is 30.5 Å². The molecule has 0 saturated carbocycles. The molecule has 76 valence electrons. The number of sulfonamides is 1. The van der Waals surface area contributed by atoms with Crippen LogP contribution in [0.2, 0.25) is 0 Å². The summed E-state index contributed by atoms with van der Waals surface area (Å²) in [4.78, 5) is 0. The number of fused-ring (bicyclic) bond motifs is 1. The lowest BCUT2D eigenvalue weighted by atomic mass is 10.1. The molecule has 0 radical (unpaired) electrons. The first-order valence-corrected chi connectivity index (χ1v) is 6.40. The monoisotopic (exact) mass is 211 g/mol. The molecule has 14 heavy (non-hydrogen) atoms. The highest BCUT2D eigenvalue weighted by Crippen LogP contribution is 2.30. The van der Waals surface area contributed by atoms with Gasteiger partial charge in [0.1, 0.15) is 0 Å². The van der Waals surface area contributed by atoms with Gasteiger partial charge in [0.15, 0.2) is 0 Å². The molecular weight excluding hydrogens is 198 g/mol. The Balaban J connectivity index is 2.54. The van der Waals surface area contributed by atoms with Gasteiger partial charge < -0.3 is 0 Å². The van der Waals surface area contributed by atoms with Crippen LogP contribution in [0, 0.1) is 6.92 Å². The van der Waals surface area contributed by atoms with Gasteiger partial charge in [0, 0.05) is 6.54 Å². The summed E-state index contributed by atoms with van der Waals surface area (Å²) in [7, 11) is -3.10. The highest BCUT2D eigenvalue weighted by atomic mass is 32.2. The van der Waals surface area contributed by atoms with Gasteiger partial charge in [-0.2, -0.15) is 0 Å². The van der Waals surface area contributed by atoms with Gasteiger partial charge in [-0.3, -0.25) is 4.31 Å². The van der Waals surface area contributed by atoms with Crippen molar-refractivity contribution in [3.63, 3.8) is 0 Å². The summed E-state index contributed by atoms with van der Waals surface area (Å²) >= 11 is 0. The fraction of sp³-hybridized carbons (Fsp3) is 0.400. The first-order chi connectivity index (χ1) is 6.48. The third-order valence-electron chi connectivity index (χ3n) is 2.49. The van der Waals surface area contributed by atoms with Crippen LogP contribution in [-0.2, 0) is 16.4 Å². The summed E-state index contributed by atoms with van der Waals surface area (Å²) in [6, 6.07) is 5.96. The second-order valence-corrected chi connectivity index (χ2v) is 5.62. The first kappa shape index (κ1) is 9.52. The lowest BCUT2D eigenvalue weighted by molar-refractivity contribution is 0.598. The second kappa shape index (κ2) is 2.98. The van der Waals surface area contributed by atoms with Crippen molar-refractivity contribution in [2.45, 2.75) is 13.3 Å². The van der Waals surface area contributed by atoms with Crippen LogP contribution in [0.15, 0.2) is 18.2 Å². The number of hydrogen-bond donors (Lipinski definition) is 0. The van der Waals surface area contributed by atoms with Gasteiger partial charge in [0.05, 0.1) is 11.9 Å². The molecule has 0 aliphatic carbocycles. The van der Waals surface area contributed by atoms with Crippen molar-refractivity contribution >= 4 is 15.7 Å². The Morgan fingerprint density at radius 2 is 2.07 bits per heavy atom. The number of aryl methyl sites for hydroxylation is 1. The minimum absolute atomic E-state index is 0.581. The Morgan fingerprint density at radius 1 is 1.36 bits per heavy atom. The fourth-order valence-electron chi connectivity index (χ4n) is 1.80. The van der Waals surface area contributed by atoms with Crippen molar-refractivity contribution in [1.29, 1.82) is 0 Å². The van der Waals surface area contributed by atoms with Gasteiger partial charge in [-0.25, -0.2) is 8.42 Å². The molecule has 0 spiro atoms. The summed E-state index contributed by atoms with van der Waals surface area (Å²) in [5.74, 6) is 0. The van der Waals surface area contributed by atoms with Crippen molar-refractivity contribution in [3.8, 4) is 0 Å². The average Bonchev–Trinajstić information content (AvgIpc) is 2.45. The number of anilines is 1. The molecule has 0 bridgehead atoms. The van der Waals surface area contributed by atoms with Crippen LogP contribution in [0.4, 0.5) is 5.69 Å². The Hall–Kier alpha value is -1.03. The molecule has 0 N–H and O–H groups in total. The van der Waals surface area contributed by atoms with Crippen LogP contribution < -0.4 is 4.31 Å². The quantitative estimate of drug-likeness (QED) is 0.702. The molecule has 3 nitrogen and oxygen atoms in total. The number of hydrogen-bond acceptors (Lipinski definition) is 2. The Morgan fingerprint density at radius 3 is 2.71 bits per heavy atom. The lowest BCUT2D eigenvalue weighted by Crippen LogP contribution is -2.27. The number of rotatable bonds is 1. The molecule has 1 aliphatic heterocycles. The van der Waals surface area contributed by atoms with Crippen LogP contribution in [0.3, 0.4) is 0 Å². The molecule has 1 aromatic carbocycles. The maximum absolute atomic E-state index is 11.4. The standard InChI is InChI=1S/C10H13NO2S/c1-8-3-4-9-5-6-11(10(9)7-8)14(2,12)13/h3-4,7H,5-6H2,1-2H3. The topological polar surface area (TPSA) is 37.4 Å². The van der Waals surface area contributed by atoms with E-state index in [1.165, 1.54) is 10.6 Å². The molecule has 0 fully saturated rings. The van der Waals surface area contributed by atoms with E-state index in [1.54, 1.807) is 0 Å². The highest BCUT2D eigenvalue weighted by Gasteiger charge is 2.25. The van der Waals surface area contributed by atoms with E-state index in [-0.39, 0.29) is 0 Å². The van der Waals surface area contributed by atoms with E-state index in [2.05, 4.69) is 0 Å². The summed E-state index contributed by atoms with van der Waals surface area (Å²) in [5, 5.41) is 0. The Kier molecular flexibility index (Phi) is 2.03. The minimum atomic E-state index is -3.10. The molecule has 0 unspecified atom stereocenters. The van der Waals surface area contributed by atoms with Crippen molar-refractivity contribution < 1.29 is 8.42 Å². The maximum atomic E-state index is 11.4. The van der Waals surface area contributed by atoms with E-state index < -0.39 is 10.0 Å². The summed E-state index contributed by atoms with van der Waals surface area (Å²) in [6.07, 6.45) is 2.08. The maximum Gasteiger partial charge on any atom is 0.232 e. The largest absolute Gasteiger partial charge is 0.270 e. The van der Waals surface area contributed by atoms with Gasteiger partial charge in [0.2, 0.25) is 10.0 Å². The normalized spacial score (nSPS) is 15.7. The molecule has 0 saturated heterocycles. The molecule has 0 amide bonds. The molecule has 1 aliphatic rings. The smallest absolute Gasteiger partial charge is 0.232 e. The zero-order valence-corrected chi connectivity index (χ0v) is 9.13. The summed E-state index contributed by atoms with van der Waals surface area (Å²) in [5.41, 5.74) is 3.08. The SMILES string of the molecule is Cc1ccc2c(c1)N(S(C)(=O)=O)CC2. The van der Waals surface area contributed by atoms with Crippen molar-refractivity contribution in [3.05, 3.63) is 29.3 Å². The van der Waals surface area contributed by atoms with Crippen LogP contribution in [-0.4, -0.2) is 21.2 Å². The van der Waals surface area contributed by atoms with E-state index in [0.717, 1.165) is 23.2 Å². The van der Waals surface area contributed by atoms with Crippen molar-refractivity contribution in [2.75, 3.05) is 17.1 Å². The highest BCUT2D eigenvalue weighted by molar-refractivity contribution is 7.92. The Bertz CT molecular complexity index is 465. The summed E-state index contributed by atoms with van der Waals surface area (Å²) in [6.45, 7) is 2.55. The third-order valence-corrected chi connectivity index (χ3v) is 3.67. The molecule has 1 heterocycles. The van der Waals surface area contributed by atoms with Gasteiger partial charge in [-0.1, -0.05) is 12.1 Å². The van der Waals surface area contributed by atoms with E-state index >= 15 is 0 Å². The Labute approximate surface area is 84.4 Å². The number of benzene rings is 1. The zero-order chi connectivity index (χ0) is 10.3. The predicted molar refractivity (Wildman–Crippen MR) is 57.1 cm³/mol. The van der Waals surface area contributed by atoms with Crippen LogP contribution >= 0.6 is 0 Å². The van der Waals surface area contributed by atoms with Crippen LogP contribution in [0.25, 0.3) is 0 Å². The second-order valence-electron chi connectivity index (χ2n) is 3.72. The van der Waals surface area contributed by atoms with Crippen molar-refractivity contribution in [1.82, 2.24) is 0 Å². The predicted octanol–water partition coefficient (Wildman–Crippen LogP) is 1.32. The zero-order valence-electron chi connectivity index (χ0n) is 8.32. The van der Waals surface area contributed by atoms with E-state index in [9.17, 15) is 8.42 Å². The van der Waals surface area contributed by atoms with E-state index in [1.807, 2.05) is 25.1 Å². The molecule has 1 aromatic rings. The minimum Gasteiger partial charge on any atom is -0.270 e. The van der Waals surface area contributed by atoms with Gasteiger partial charge >= 0.3 is 0 Å². The third kappa shape index (κ3) is 1.50. The number of nitrogens with zero attached hydrogens (tertiary/aromatic N) is 1. The van der Waals surface area contributed by atoms with E-state index in [4.69, 9.17) is 0 Å². The van der Waals surface area contributed by atoms with Gasteiger partial charge in [-0.15, -0.1) is 0 Å². The molecule has 0 aromatic heterocycles.